The van der Waals surface area contributed by atoms with Crippen LogP contribution in [0.5, 0.6) is 0 Å². The second-order valence-corrected chi connectivity index (χ2v) is 11.2. The summed E-state index contributed by atoms with van der Waals surface area (Å²) >= 11 is 1.80. The number of nitrogens with one attached hydrogen (secondary N) is 1. The van der Waals surface area contributed by atoms with E-state index in [4.69, 9.17) is 5.73 Å². The molecule has 6 aromatic rings. The van der Waals surface area contributed by atoms with Crippen LogP contribution in [0.4, 0.5) is 17.1 Å². The Morgan fingerprint density at radius 2 is 1.09 bits per heavy atom. The lowest BCUT2D eigenvalue weighted by Gasteiger charge is -2.28. The molecule has 3 N–H and O–H groups in total. The first-order chi connectivity index (χ1) is 21.2. The van der Waals surface area contributed by atoms with Gasteiger partial charge in [-0.25, -0.2) is 0 Å². The van der Waals surface area contributed by atoms with Crippen LogP contribution in [0.15, 0.2) is 163 Å². The average molecular weight is 580 g/mol. The van der Waals surface area contributed by atoms with E-state index in [1.54, 1.807) is 11.9 Å². The minimum Gasteiger partial charge on any atom is -0.399 e. The molecule has 3 nitrogen and oxygen atoms in total. The molecule has 0 amide bonds. The number of nitrogen functional groups attached to an aromatic ring is 1. The summed E-state index contributed by atoms with van der Waals surface area (Å²) in [7, 11) is 3.75. The van der Waals surface area contributed by atoms with Crippen molar-refractivity contribution in [2.75, 3.05) is 24.1 Å². The van der Waals surface area contributed by atoms with Crippen molar-refractivity contribution in [1.82, 2.24) is 5.32 Å². The van der Waals surface area contributed by atoms with Crippen molar-refractivity contribution in [2.24, 2.45) is 0 Å². The van der Waals surface area contributed by atoms with E-state index in [0.717, 1.165) is 12.1 Å². The van der Waals surface area contributed by atoms with Gasteiger partial charge in [-0.3, -0.25) is 4.31 Å². The molecule has 6 aromatic carbocycles. The van der Waals surface area contributed by atoms with Gasteiger partial charge in [0.2, 0.25) is 0 Å². The molecule has 214 valence electrons. The summed E-state index contributed by atoms with van der Waals surface area (Å²) in [5, 5.41) is 2.75. The highest BCUT2D eigenvalue weighted by Crippen LogP contribution is 2.46. The van der Waals surface area contributed by atoms with E-state index in [1.165, 1.54) is 49.7 Å². The van der Waals surface area contributed by atoms with Crippen LogP contribution in [0.1, 0.15) is 11.1 Å². The Kier molecular flexibility index (Phi) is 10.3. The fraction of sp³-hybridized carbons (Fsp3) is 0.0769. The number of rotatable bonds is 3. The third-order valence-corrected chi connectivity index (χ3v) is 8.04. The van der Waals surface area contributed by atoms with Crippen molar-refractivity contribution >= 4 is 29.0 Å². The molecule has 0 saturated carbocycles. The molecule has 0 atom stereocenters. The van der Waals surface area contributed by atoms with Gasteiger partial charge in [0.1, 0.15) is 0 Å². The van der Waals surface area contributed by atoms with Crippen LogP contribution in [-0.2, 0) is 6.42 Å². The van der Waals surface area contributed by atoms with Crippen molar-refractivity contribution in [3.63, 3.8) is 0 Å². The maximum atomic E-state index is 5.36. The van der Waals surface area contributed by atoms with Crippen molar-refractivity contribution in [2.45, 2.75) is 11.3 Å². The number of fused-ring (bicyclic) bond motifs is 3. The first-order valence-electron chi connectivity index (χ1n) is 14.4. The van der Waals surface area contributed by atoms with Gasteiger partial charge in [-0.05, 0) is 96.7 Å². The first-order valence-corrected chi connectivity index (χ1v) is 15.2. The Morgan fingerprint density at radius 3 is 1.74 bits per heavy atom. The average Bonchev–Trinajstić information content (AvgIpc) is 3.06. The topological polar surface area (TPSA) is 41.3 Å². The highest BCUT2D eigenvalue weighted by Gasteiger charge is 2.20. The number of anilines is 3. The van der Waals surface area contributed by atoms with E-state index in [9.17, 15) is 0 Å². The highest BCUT2D eigenvalue weighted by atomic mass is 32.2. The van der Waals surface area contributed by atoms with Gasteiger partial charge in [0.05, 0.1) is 11.4 Å². The van der Waals surface area contributed by atoms with Gasteiger partial charge < -0.3 is 11.1 Å². The molecule has 0 unspecified atom stereocenters. The molecule has 0 saturated heterocycles. The van der Waals surface area contributed by atoms with Crippen LogP contribution in [0, 0.1) is 0 Å². The van der Waals surface area contributed by atoms with Gasteiger partial charge in [0.25, 0.3) is 0 Å². The van der Waals surface area contributed by atoms with Gasteiger partial charge in [0, 0.05) is 16.1 Å². The SMILES string of the molecule is CNC.Nc1ccccc1.c1ccc(Cc2cccc(N3Sc4ccccc4-c4ccc(cc4)-c4ccccc43)c2)cc1. The minimum atomic E-state index is 0.822. The number of benzene rings is 6. The van der Waals surface area contributed by atoms with Crippen LogP contribution in [-0.4, -0.2) is 14.1 Å². The zero-order valence-corrected chi connectivity index (χ0v) is 25.5. The summed E-state index contributed by atoms with van der Waals surface area (Å²) in [5.74, 6) is 0. The molecule has 8 rings (SSSR count). The molecule has 2 aliphatic rings. The van der Waals surface area contributed by atoms with Gasteiger partial charge in [0.15, 0.2) is 0 Å². The van der Waals surface area contributed by atoms with Crippen LogP contribution >= 0.6 is 11.9 Å². The molecule has 43 heavy (non-hydrogen) atoms. The lowest BCUT2D eigenvalue weighted by molar-refractivity contribution is 1.02. The van der Waals surface area contributed by atoms with Crippen LogP contribution in [0.3, 0.4) is 0 Å². The van der Waals surface area contributed by atoms with E-state index in [2.05, 4.69) is 137 Å². The maximum Gasteiger partial charge on any atom is 0.0607 e. The zero-order chi connectivity index (χ0) is 29.9. The molecule has 0 aliphatic carbocycles. The molecule has 4 heteroatoms. The Bertz CT molecular complexity index is 1720. The normalized spacial score (nSPS) is 11.2. The summed E-state index contributed by atoms with van der Waals surface area (Å²) in [6.45, 7) is 0. The van der Waals surface area contributed by atoms with E-state index in [-0.39, 0.29) is 0 Å². The van der Waals surface area contributed by atoms with Gasteiger partial charge in [-0.1, -0.05) is 121 Å². The molecule has 0 spiro atoms. The lowest BCUT2D eigenvalue weighted by atomic mass is 9.99. The molecule has 0 radical (unpaired) electrons. The fourth-order valence-corrected chi connectivity index (χ4v) is 6.02. The Hall–Kier alpha value is -4.77. The third-order valence-electron chi connectivity index (χ3n) is 6.90. The largest absolute Gasteiger partial charge is 0.399 e. The second-order valence-electron chi connectivity index (χ2n) is 10.2. The van der Waals surface area contributed by atoms with Crippen molar-refractivity contribution < 1.29 is 0 Å². The van der Waals surface area contributed by atoms with Crippen molar-refractivity contribution in [1.29, 1.82) is 0 Å². The smallest absolute Gasteiger partial charge is 0.0607 e. The van der Waals surface area contributed by atoms with Crippen LogP contribution < -0.4 is 15.4 Å². The fourth-order valence-electron chi connectivity index (χ4n) is 4.93. The predicted molar refractivity (Wildman–Crippen MR) is 187 cm³/mol. The summed E-state index contributed by atoms with van der Waals surface area (Å²) in [5.41, 5.74) is 16.2. The summed E-state index contributed by atoms with van der Waals surface area (Å²) in [6, 6.07) is 55.5. The number of nitrogens with zero attached hydrogens (tertiary/aromatic N) is 1. The van der Waals surface area contributed by atoms with Gasteiger partial charge >= 0.3 is 0 Å². The first kappa shape index (κ1) is 29.7. The summed E-state index contributed by atoms with van der Waals surface area (Å²) in [4.78, 5) is 1.25. The number of hydrogen-bond acceptors (Lipinski definition) is 4. The molecule has 2 aliphatic heterocycles. The minimum absolute atomic E-state index is 0.822. The van der Waals surface area contributed by atoms with Gasteiger partial charge in [-0.15, -0.1) is 0 Å². The van der Waals surface area contributed by atoms with Crippen LogP contribution in [0.25, 0.3) is 22.3 Å². The molecule has 0 fully saturated rings. The predicted octanol–water partition coefficient (Wildman–Crippen LogP) is 9.87. The Morgan fingerprint density at radius 1 is 0.558 bits per heavy atom. The molecular weight excluding hydrogens is 543 g/mol. The molecule has 2 bridgehead atoms. The molecule has 2 heterocycles. The monoisotopic (exact) mass is 579 g/mol. The highest BCUT2D eigenvalue weighted by molar-refractivity contribution is 8.01. The third kappa shape index (κ3) is 7.75. The van der Waals surface area contributed by atoms with Gasteiger partial charge in [-0.2, -0.15) is 0 Å². The Labute approximate surface area is 260 Å². The van der Waals surface area contributed by atoms with Crippen molar-refractivity contribution in [3.05, 3.63) is 169 Å². The van der Waals surface area contributed by atoms with E-state index < -0.39 is 0 Å². The summed E-state index contributed by atoms with van der Waals surface area (Å²) < 4.78 is 2.39. The summed E-state index contributed by atoms with van der Waals surface area (Å²) in [6.07, 6.45) is 0.923. The number of hydrogen-bond donors (Lipinski definition) is 2. The van der Waals surface area contributed by atoms with E-state index in [0.29, 0.717) is 0 Å². The molecular formula is C39H37N3S. The van der Waals surface area contributed by atoms with Crippen LogP contribution in [0.2, 0.25) is 0 Å². The lowest BCUT2D eigenvalue weighted by Crippen LogP contribution is -2.09. The Balaban J connectivity index is 0.000000317. The number of para-hydroxylation sites is 2. The molecule has 0 aromatic heterocycles. The number of nitrogens with two attached hydrogens (primary N) is 1. The quantitative estimate of drug-likeness (QED) is 0.162. The standard InChI is InChI=1S/C31H23NS.C6H7N.C2H7N/c1-2-9-23(10-3-1)21-24-11-8-12-27(22-24)32-30-15-6-4-13-28(30)25-17-19-26(20-18-25)29-14-5-7-16-31(29)33-32;7-6-4-2-1-3-5-6;1-3-2/h1-20,22H,21H2;1-5H,7H2;3H,1-2H3. The van der Waals surface area contributed by atoms with E-state index in [1.807, 2.05) is 44.4 Å². The van der Waals surface area contributed by atoms with E-state index >= 15 is 0 Å². The van der Waals surface area contributed by atoms with Crippen molar-refractivity contribution in [3.8, 4) is 22.3 Å². The maximum absolute atomic E-state index is 5.36. The second kappa shape index (κ2) is 14.9. The zero-order valence-electron chi connectivity index (χ0n) is 24.7.